The fraction of sp³-hybridized carbons (Fsp3) is 0.727. The van der Waals surface area contributed by atoms with E-state index in [1.54, 1.807) is 13.8 Å². The van der Waals surface area contributed by atoms with Crippen molar-refractivity contribution in [1.82, 2.24) is 0 Å². The molecule has 0 spiro atoms. The normalized spacial score (nSPS) is 35.7. The minimum atomic E-state index is -4.81. The molecule has 2 nitrogen and oxygen atoms in total. The molecule has 2 saturated carbocycles. The summed E-state index contributed by atoms with van der Waals surface area (Å²) in [5.41, 5.74) is -0.847. The molecule has 0 aromatic heterocycles. The predicted molar refractivity (Wildman–Crippen MR) is 50.7 cm³/mol. The van der Waals surface area contributed by atoms with Crippen molar-refractivity contribution in [3.8, 4) is 0 Å². The number of aliphatic hydroxyl groups excluding tert-OH is 1. The van der Waals surface area contributed by atoms with Gasteiger partial charge >= 0.3 is 6.18 Å². The summed E-state index contributed by atoms with van der Waals surface area (Å²) in [6, 6.07) is 0. The lowest BCUT2D eigenvalue weighted by Gasteiger charge is -2.22. The molecule has 0 aliphatic heterocycles. The number of Topliss-reactive ketones (excluding diaryl/α,β-unsaturated/α-hetero) is 1. The van der Waals surface area contributed by atoms with Crippen molar-refractivity contribution >= 4 is 5.78 Å². The zero-order chi connectivity index (χ0) is 12.3. The topological polar surface area (TPSA) is 37.3 Å². The smallest absolute Gasteiger partial charge is 0.449 e. The molecule has 2 aliphatic rings. The number of allylic oxidation sites excluding steroid dienone is 2. The molecule has 2 fully saturated rings. The van der Waals surface area contributed by atoms with E-state index in [0.717, 1.165) is 0 Å². The lowest BCUT2D eigenvalue weighted by molar-refractivity contribution is -0.128. The molecular formula is C11H13F3O2. The SMILES string of the molecule is CC1(C)[C@@H]2CC[C@H]1C(=C(O)C(F)(F)F)C2=O. The maximum Gasteiger partial charge on any atom is 0.449 e. The number of fused-ring (bicyclic) bond motifs is 2. The van der Waals surface area contributed by atoms with Crippen LogP contribution in [0.2, 0.25) is 0 Å². The van der Waals surface area contributed by atoms with Gasteiger partial charge in [0, 0.05) is 11.5 Å². The zero-order valence-electron chi connectivity index (χ0n) is 9.06. The Morgan fingerprint density at radius 2 is 1.81 bits per heavy atom. The quantitative estimate of drug-likeness (QED) is 0.516. The number of hydrogen-bond acceptors (Lipinski definition) is 2. The van der Waals surface area contributed by atoms with Gasteiger partial charge in [0.25, 0.3) is 0 Å². The van der Waals surface area contributed by atoms with Crippen molar-refractivity contribution in [2.45, 2.75) is 32.9 Å². The van der Waals surface area contributed by atoms with E-state index in [4.69, 9.17) is 5.11 Å². The van der Waals surface area contributed by atoms with Gasteiger partial charge in [0.2, 0.25) is 5.76 Å². The van der Waals surface area contributed by atoms with Gasteiger partial charge in [0.05, 0.1) is 0 Å². The third kappa shape index (κ3) is 1.30. The third-order valence-corrected chi connectivity index (χ3v) is 3.99. The van der Waals surface area contributed by atoms with E-state index >= 15 is 0 Å². The van der Waals surface area contributed by atoms with Crippen LogP contribution in [0.25, 0.3) is 0 Å². The van der Waals surface area contributed by atoms with Gasteiger partial charge in [-0.2, -0.15) is 13.2 Å². The van der Waals surface area contributed by atoms with Crippen molar-refractivity contribution in [3.05, 3.63) is 11.3 Å². The summed E-state index contributed by atoms with van der Waals surface area (Å²) in [5, 5.41) is 9.14. The highest BCUT2D eigenvalue weighted by atomic mass is 19.4. The van der Waals surface area contributed by atoms with E-state index in [1.807, 2.05) is 0 Å². The van der Waals surface area contributed by atoms with Crippen LogP contribution in [-0.4, -0.2) is 17.1 Å². The largest absolute Gasteiger partial charge is 0.504 e. The van der Waals surface area contributed by atoms with Crippen LogP contribution >= 0.6 is 0 Å². The fourth-order valence-corrected chi connectivity index (χ4v) is 3.10. The second-order valence-electron chi connectivity index (χ2n) is 5.13. The van der Waals surface area contributed by atoms with E-state index in [2.05, 4.69) is 0 Å². The number of hydrogen-bond donors (Lipinski definition) is 1. The van der Waals surface area contributed by atoms with E-state index < -0.39 is 34.6 Å². The van der Waals surface area contributed by atoms with Crippen molar-refractivity contribution in [3.63, 3.8) is 0 Å². The molecule has 5 heteroatoms. The number of alkyl halides is 3. The van der Waals surface area contributed by atoms with E-state index in [0.29, 0.717) is 12.8 Å². The number of halogens is 3. The number of aliphatic hydroxyl groups is 1. The number of ketones is 1. The molecule has 0 heterocycles. The van der Waals surface area contributed by atoms with Gasteiger partial charge < -0.3 is 5.11 Å². The molecule has 2 bridgehead atoms. The van der Waals surface area contributed by atoms with Crippen LogP contribution in [0.1, 0.15) is 26.7 Å². The number of rotatable bonds is 0. The molecule has 2 atom stereocenters. The molecule has 2 rings (SSSR count). The first-order valence-corrected chi connectivity index (χ1v) is 5.22. The highest BCUT2D eigenvalue weighted by molar-refractivity contribution is 6.02. The fourth-order valence-electron chi connectivity index (χ4n) is 3.10. The van der Waals surface area contributed by atoms with Gasteiger partial charge in [-0.1, -0.05) is 13.8 Å². The Hall–Kier alpha value is -1.00. The minimum absolute atomic E-state index is 0.364. The summed E-state index contributed by atoms with van der Waals surface area (Å²) in [6.45, 7) is 3.59. The van der Waals surface area contributed by atoms with Crippen LogP contribution in [0.15, 0.2) is 11.3 Å². The molecule has 2 aliphatic carbocycles. The monoisotopic (exact) mass is 234 g/mol. The molecule has 0 saturated heterocycles. The lowest BCUT2D eigenvalue weighted by Crippen LogP contribution is -2.21. The van der Waals surface area contributed by atoms with Gasteiger partial charge in [-0.05, 0) is 24.2 Å². The second-order valence-corrected chi connectivity index (χ2v) is 5.13. The third-order valence-electron chi connectivity index (χ3n) is 3.99. The first-order valence-electron chi connectivity index (χ1n) is 5.22. The Labute approximate surface area is 91.1 Å². The summed E-state index contributed by atoms with van der Waals surface area (Å²) < 4.78 is 37.2. The van der Waals surface area contributed by atoms with E-state index in [1.165, 1.54) is 0 Å². The Kier molecular flexibility index (Phi) is 2.17. The Balaban J connectivity index is 2.51. The minimum Gasteiger partial charge on any atom is -0.504 e. The predicted octanol–water partition coefficient (Wildman–Crippen LogP) is 3.00. The van der Waals surface area contributed by atoms with Crippen molar-refractivity contribution in [2.75, 3.05) is 0 Å². The van der Waals surface area contributed by atoms with Crippen LogP contribution < -0.4 is 0 Å². The van der Waals surface area contributed by atoms with Gasteiger partial charge in [-0.25, -0.2) is 0 Å². The Morgan fingerprint density at radius 1 is 1.31 bits per heavy atom. The highest BCUT2D eigenvalue weighted by Crippen LogP contribution is 2.59. The molecule has 0 aromatic rings. The summed E-state index contributed by atoms with van der Waals surface area (Å²) in [4.78, 5) is 11.8. The van der Waals surface area contributed by atoms with Crippen molar-refractivity contribution in [2.24, 2.45) is 17.3 Å². The Morgan fingerprint density at radius 3 is 2.19 bits per heavy atom. The van der Waals surface area contributed by atoms with E-state index in [9.17, 15) is 18.0 Å². The lowest BCUT2D eigenvalue weighted by atomic mass is 9.81. The van der Waals surface area contributed by atoms with E-state index in [-0.39, 0.29) is 5.92 Å². The van der Waals surface area contributed by atoms with Crippen LogP contribution in [-0.2, 0) is 4.79 Å². The highest BCUT2D eigenvalue weighted by Gasteiger charge is 2.59. The van der Waals surface area contributed by atoms with Crippen molar-refractivity contribution in [1.29, 1.82) is 0 Å². The summed E-state index contributed by atoms with van der Waals surface area (Å²) >= 11 is 0. The Bertz CT molecular complexity index is 379. The maximum absolute atomic E-state index is 12.4. The maximum atomic E-state index is 12.4. The van der Waals surface area contributed by atoms with Gasteiger partial charge in [-0.3, -0.25) is 4.79 Å². The number of carbonyl (C=O) groups excluding carboxylic acids is 1. The molecule has 0 aromatic carbocycles. The van der Waals surface area contributed by atoms with Crippen LogP contribution in [0.5, 0.6) is 0 Å². The average Bonchev–Trinajstić information content (AvgIpc) is 2.50. The summed E-state index contributed by atoms with van der Waals surface area (Å²) in [6.07, 6.45) is -3.63. The zero-order valence-corrected chi connectivity index (χ0v) is 9.06. The molecule has 0 unspecified atom stereocenters. The molecule has 16 heavy (non-hydrogen) atoms. The second kappa shape index (κ2) is 3.02. The average molecular weight is 234 g/mol. The van der Waals surface area contributed by atoms with Gasteiger partial charge in [0.15, 0.2) is 5.78 Å². The first kappa shape index (κ1) is 11.5. The molecule has 90 valence electrons. The van der Waals surface area contributed by atoms with Crippen molar-refractivity contribution < 1.29 is 23.1 Å². The standard InChI is InChI=1S/C11H13F3O2/c1-10(2)5-3-4-6(10)8(15)7(5)9(16)11(12,13)14/h5-6,16H,3-4H2,1-2H3/t5-,6+/m0/s1. The van der Waals surface area contributed by atoms with Crippen LogP contribution in [0, 0.1) is 17.3 Å². The van der Waals surface area contributed by atoms with Gasteiger partial charge in [0.1, 0.15) is 0 Å². The van der Waals surface area contributed by atoms with Crippen LogP contribution in [0.4, 0.5) is 13.2 Å². The summed E-state index contributed by atoms with van der Waals surface area (Å²) in [7, 11) is 0. The molecule has 0 radical (unpaired) electrons. The van der Waals surface area contributed by atoms with Crippen LogP contribution in [0.3, 0.4) is 0 Å². The summed E-state index contributed by atoms with van der Waals surface area (Å²) in [5.74, 6) is -3.02. The molecule has 0 amide bonds. The molecule has 1 N–H and O–H groups in total. The molecular weight excluding hydrogens is 221 g/mol. The number of carbonyl (C=O) groups is 1. The first-order chi connectivity index (χ1) is 7.17. The van der Waals surface area contributed by atoms with Gasteiger partial charge in [-0.15, -0.1) is 0 Å².